The van der Waals surface area contributed by atoms with Gasteiger partial charge in [0.25, 0.3) is 0 Å². The molecular formula is C17H19N5O4. The highest BCUT2D eigenvalue weighted by atomic mass is 16.5. The molecule has 2 aromatic heterocycles. The van der Waals surface area contributed by atoms with Gasteiger partial charge in [0, 0.05) is 31.1 Å². The maximum absolute atomic E-state index is 11.3. The van der Waals surface area contributed by atoms with Crippen LogP contribution in [0.25, 0.3) is 16.9 Å². The van der Waals surface area contributed by atoms with Gasteiger partial charge in [0.15, 0.2) is 5.75 Å². The zero-order chi connectivity index (χ0) is 18.5. The van der Waals surface area contributed by atoms with Crippen LogP contribution in [0, 0.1) is 0 Å². The summed E-state index contributed by atoms with van der Waals surface area (Å²) in [5.41, 5.74) is 7.78. The Kier molecular flexibility index (Phi) is 5.40. The van der Waals surface area contributed by atoms with Crippen molar-refractivity contribution in [1.29, 1.82) is 0 Å². The fraction of sp³-hybridized carbons (Fsp3) is 0.294. The van der Waals surface area contributed by atoms with Crippen LogP contribution in [-0.4, -0.2) is 50.4 Å². The smallest absolute Gasteiger partial charge is 0.308 e. The summed E-state index contributed by atoms with van der Waals surface area (Å²) in [5.74, 6) is 0.258. The number of nitrogens with zero attached hydrogens (tertiary/aromatic N) is 4. The Balaban J connectivity index is 2.08. The van der Waals surface area contributed by atoms with Crippen molar-refractivity contribution in [2.45, 2.75) is 13.3 Å². The first-order valence-electron chi connectivity index (χ1n) is 8.04. The van der Waals surface area contributed by atoms with Crippen molar-refractivity contribution in [2.75, 3.05) is 25.6 Å². The lowest BCUT2D eigenvalue weighted by Crippen LogP contribution is -2.10. The monoisotopic (exact) mass is 357 g/mol. The Labute approximate surface area is 149 Å². The summed E-state index contributed by atoms with van der Waals surface area (Å²) in [6.45, 7) is 1.86. The molecule has 1 aromatic carbocycles. The van der Waals surface area contributed by atoms with E-state index in [1.165, 1.54) is 6.92 Å². The second-order valence-electron chi connectivity index (χ2n) is 5.49. The van der Waals surface area contributed by atoms with Crippen LogP contribution in [0.2, 0.25) is 0 Å². The maximum Gasteiger partial charge on any atom is 0.308 e. The second-order valence-corrected chi connectivity index (χ2v) is 5.49. The quantitative estimate of drug-likeness (QED) is 0.276. The average molecular weight is 357 g/mol. The summed E-state index contributed by atoms with van der Waals surface area (Å²) in [6.07, 6.45) is 5.43. The molecule has 3 rings (SSSR count). The van der Waals surface area contributed by atoms with Crippen LogP contribution >= 0.6 is 0 Å². The standard InChI is InChI=1S/C17H19N5O4/c1-11(24)26-14-3-2-12-15(16(14)18)13(4-8-25-9-7-23)21-17(20-12)22-6-5-19-10-22/h2-3,5-6,10,23H,4,7-9,18H2,1H3. The predicted octanol–water partition coefficient (Wildman–Crippen LogP) is 0.874. The molecule has 0 aliphatic carbocycles. The number of carbonyl (C=O) groups is 1. The molecule has 3 aromatic rings. The fourth-order valence-corrected chi connectivity index (χ4v) is 2.55. The van der Waals surface area contributed by atoms with Gasteiger partial charge in [0.05, 0.1) is 36.7 Å². The largest absolute Gasteiger partial charge is 0.424 e. The topological polar surface area (TPSA) is 125 Å². The lowest BCUT2D eigenvalue weighted by Gasteiger charge is -2.13. The number of nitrogens with two attached hydrogens (primary N) is 1. The first-order chi connectivity index (χ1) is 12.6. The van der Waals surface area contributed by atoms with Crippen LogP contribution in [0.3, 0.4) is 0 Å². The molecular weight excluding hydrogens is 338 g/mol. The number of hydrogen-bond acceptors (Lipinski definition) is 8. The lowest BCUT2D eigenvalue weighted by molar-refractivity contribution is -0.131. The number of imidazole rings is 1. The van der Waals surface area contributed by atoms with E-state index in [4.69, 9.17) is 20.3 Å². The number of aromatic nitrogens is 4. The van der Waals surface area contributed by atoms with E-state index in [0.717, 1.165) is 0 Å². The van der Waals surface area contributed by atoms with Gasteiger partial charge in [-0.25, -0.2) is 15.0 Å². The minimum atomic E-state index is -0.458. The molecule has 0 unspecified atom stereocenters. The van der Waals surface area contributed by atoms with Gasteiger partial charge in [-0.15, -0.1) is 0 Å². The third-order valence-corrected chi connectivity index (χ3v) is 3.64. The van der Waals surface area contributed by atoms with Crippen LogP contribution in [-0.2, 0) is 16.0 Å². The first-order valence-corrected chi connectivity index (χ1v) is 8.04. The summed E-state index contributed by atoms with van der Waals surface area (Å²) in [6, 6.07) is 3.33. The van der Waals surface area contributed by atoms with E-state index in [1.54, 1.807) is 35.4 Å². The van der Waals surface area contributed by atoms with Crippen molar-refractivity contribution < 1.29 is 19.4 Å². The molecule has 0 aliphatic heterocycles. The van der Waals surface area contributed by atoms with Gasteiger partial charge in [0.1, 0.15) is 6.33 Å². The molecule has 136 valence electrons. The van der Waals surface area contributed by atoms with Crippen molar-refractivity contribution in [1.82, 2.24) is 19.5 Å². The number of hydrogen-bond donors (Lipinski definition) is 2. The van der Waals surface area contributed by atoms with E-state index in [-0.39, 0.29) is 19.0 Å². The molecule has 0 bridgehead atoms. The second kappa shape index (κ2) is 7.89. The van der Waals surface area contributed by atoms with Gasteiger partial charge in [0.2, 0.25) is 5.95 Å². The van der Waals surface area contributed by atoms with Crippen molar-refractivity contribution >= 4 is 22.6 Å². The van der Waals surface area contributed by atoms with Gasteiger partial charge in [-0.2, -0.15) is 0 Å². The molecule has 0 saturated heterocycles. The minimum absolute atomic E-state index is 0.0520. The minimum Gasteiger partial charge on any atom is -0.424 e. The molecule has 0 spiro atoms. The van der Waals surface area contributed by atoms with E-state index in [2.05, 4.69) is 15.0 Å². The summed E-state index contributed by atoms with van der Waals surface area (Å²) in [7, 11) is 0. The van der Waals surface area contributed by atoms with Gasteiger partial charge in [-0.1, -0.05) is 0 Å². The van der Waals surface area contributed by atoms with E-state index < -0.39 is 5.97 Å². The molecule has 0 fully saturated rings. The number of anilines is 1. The summed E-state index contributed by atoms with van der Waals surface area (Å²) >= 11 is 0. The summed E-state index contributed by atoms with van der Waals surface area (Å²) in [5, 5.41) is 9.45. The number of carbonyl (C=O) groups excluding carboxylic acids is 1. The van der Waals surface area contributed by atoms with E-state index in [9.17, 15) is 4.79 Å². The molecule has 9 heteroatoms. The molecule has 0 radical (unpaired) electrons. The number of aliphatic hydroxyl groups is 1. The Hall–Kier alpha value is -3.04. The molecule has 0 atom stereocenters. The highest BCUT2D eigenvalue weighted by Gasteiger charge is 2.16. The van der Waals surface area contributed by atoms with Crippen LogP contribution in [0.15, 0.2) is 30.9 Å². The van der Waals surface area contributed by atoms with Crippen LogP contribution < -0.4 is 10.5 Å². The molecule has 0 aliphatic rings. The van der Waals surface area contributed by atoms with Crippen molar-refractivity contribution in [2.24, 2.45) is 0 Å². The number of benzene rings is 1. The van der Waals surface area contributed by atoms with Gasteiger partial charge in [-0.3, -0.25) is 9.36 Å². The third kappa shape index (κ3) is 3.79. The van der Waals surface area contributed by atoms with Crippen molar-refractivity contribution in [3.05, 3.63) is 36.5 Å². The van der Waals surface area contributed by atoms with Crippen LogP contribution in [0.4, 0.5) is 5.69 Å². The van der Waals surface area contributed by atoms with E-state index >= 15 is 0 Å². The zero-order valence-corrected chi connectivity index (χ0v) is 14.3. The Morgan fingerprint density at radius 2 is 2.15 bits per heavy atom. The fourth-order valence-electron chi connectivity index (χ4n) is 2.55. The maximum atomic E-state index is 11.3. The molecule has 0 amide bonds. The number of fused-ring (bicyclic) bond motifs is 1. The van der Waals surface area contributed by atoms with Crippen LogP contribution in [0.5, 0.6) is 5.75 Å². The van der Waals surface area contributed by atoms with Crippen molar-refractivity contribution in [3.8, 4) is 11.7 Å². The van der Waals surface area contributed by atoms with Gasteiger partial charge >= 0.3 is 5.97 Å². The Morgan fingerprint density at radius 3 is 2.85 bits per heavy atom. The van der Waals surface area contributed by atoms with Gasteiger partial charge < -0.3 is 20.3 Å². The van der Waals surface area contributed by atoms with E-state index in [0.29, 0.717) is 41.3 Å². The first kappa shape index (κ1) is 17.8. The number of aliphatic hydroxyl groups excluding tert-OH is 1. The zero-order valence-electron chi connectivity index (χ0n) is 14.3. The highest BCUT2D eigenvalue weighted by molar-refractivity contribution is 5.96. The third-order valence-electron chi connectivity index (χ3n) is 3.64. The highest BCUT2D eigenvalue weighted by Crippen LogP contribution is 2.32. The normalized spacial score (nSPS) is 11.0. The summed E-state index contributed by atoms with van der Waals surface area (Å²) in [4.78, 5) is 24.4. The predicted molar refractivity (Wildman–Crippen MR) is 94.0 cm³/mol. The summed E-state index contributed by atoms with van der Waals surface area (Å²) < 4.78 is 12.2. The number of esters is 1. The molecule has 2 heterocycles. The molecule has 26 heavy (non-hydrogen) atoms. The van der Waals surface area contributed by atoms with Crippen LogP contribution in [0.1, 0.15) is 12.6 Å². The van der Waals surface area contributed by atoms with Crippen molar-refractivity contribution in [3.63, 3.8) is 0 Å². The number of nitrogen functional groups attached to an aromatic ring is 1. The number of ether oxygens (including phenoxy) is 2. The average Bonchev–Trinajstić information content (AvgIpc) is 3.15. The molecule has 9 nitrogen and oxygen atoms in total. The lowest BCUT2D eigenvalue weighted by atomic mass is 10.1. The Morgan fingerprint density at radius 1 is 1.31 bits per heavy atom. The molecule has 0 saturated carbocycles. The number of rotatable bonds is 7. The molecule has 3 N–H and O–H groups in total. The van der Waals surface area contributed by atoms with Gasteiger partial charge in [-0.05, 0) is 12.1 Å². The van der Waals surface area contributed by atoms with E-state index in [1.807, 2.05) is 0 Å². The Bertz CT molecular complexity index is 911. The SMILES string of the molecule is CC(=O)Oc1ccc2nc(-n3ccnc3)nc(CCOCCO)c2c1N.